The molecule has 0 saturated carbocycles. The van der Waals surface area contributed by atoms with Crippen LogP contribution in [0.4, 0.5) is 5.82 Å². The number of pyridine rings is 1. The van der Waals surface area contributed by atoms with E-state index in [0.29, 0.717) is 28.0 Å². The zero-order valence-corrected chi connectivity index (χ0v) is 14.8. The minimum Gasteiger partial charge on any atom is -0.248 e. The highest BCUT2D eigenvalue weighted by Crippen LogP contribution is 2.24. The number of rotatable bonds is 4. The third-order valence-corrected chi connectivity index (χ3v) is 4.14. The van der Waals surface area contributed by atoms with Gasteiger partial charge in [-0.2, -0.15) is 10.4 Å². The summed E-state index contributed by atoms with van der Waals surface area (Å²) >= 11 is 17.9. The Labute approximate surface area is 149 Å². The average Bonchev–Trinajstić information content (AvgIpc) is 2.51. The van der Waals surface area contributed by atoms with Gasteiger partial charge in [-0.3, -0.25) is 0 Å². The lowest BCUT2D eigenvalue weighted by Gasteiger charge is -2.17. The molecule has 118 valence electrons. The summed E-state index contributed by atoms with van der Waals surface area (Å²) in [7, 11) is 0. The molecule has 2 rings (SSSR count). The Balaban J connectivity index is 2.31. The van der Waals surface area contributed by atoms with E-state index in [2.05, 4.69) is 10.1 Å². The number of anilines is 1. The van der Waals surface area contributed by atoms with Gasteiger partial charge in [-0.15, -0.1) is 0 Å². The highest BCUT2D eigenvalue weighted by Gasteiger charge is 2.11. The van der Waals surface area contributed by atoms with Crippen molar-refractivity contribution >= 4 is 46.8 Å². The van der Waals surface area contributed by atoms with Crippen molar-refractivity contribution in [2.45, 2.75) is 13.8 Å². The number of halogens is 3. The normalized spacial score (nSPS) is 10.8. The lowest BCUT2D eigenvalue weighted by Crippen LogP contribution is -2.17. The van der Waals surface area contributed by atoms with Crippen molar-refractivity contribution in [3.63, 3.8) is 0 Å². The maximum Gasteiger partial charge on any atom is 0.150 e. The lowest BCUT2D eigenvalue weighted by atomic mass is 10.2. The zero-order chi connectivity index (χ0) is 17.0. The van der Waals surface area contributed by atoms with Gasteiger partial charge >= 0.3 is 0 Å². The van der Waals surface area contributed by atoms with Gasteiger partial charge in [0.25, 0.3) is 0 Å². The van der Waals surface area contributed by atoms with Crippen LogP contribution in [0.25, 0.3) is 0 Å². The molecule has 0 atom stereocenters. The molecule has 0 amide bonds. The number of hydrogen-bond donors (Lipinski definition) is 0. The fourth-order valence-electron chi connectivity index (χ4n) is 1.92. The molecular formula is C16H13Cl3N4. The Morgan fingerprint density at radius 1 is 1.26 bits per heavy atom. The third-order valence-electron chi connectivity index (χ3n) is 3.12. The van der Waals surface area contributed by atoms with E-state index in [1.807, 2.05) is 26.0 Å². The van der Waals surface area contributed by atoms with Gasteiger partial charge in [-0.1, -0.05) is 40.9 Å². The average molecular weight is 368 g/mol. The maximum atomic E-state index is 9.05. The quantitative estimate of drug-likeness (QED) is 0.430. The van der Waals surface area contributed by atoms with Crippen molar-refractivity contribution in [1.29, 1.82) is 5.26 Å². The van der Waals surface area contributed by atoms with Crippen molar-refractivity contribution in [3.8, 4) is 6.07 Å². The summed E-state index contributed by atoms with van der Waals surface area (Å²) in [5.74, 6) is 0.574. The largest absolute Gasteiger partial charge is 0.248 e. The summed E-state index contributed by atoms with van der Waals surface area (Å²) in [6.07, 6.45) is 1.66. The Morgan fingerprint density at radius 3 is 2.57 bits per heavy atom. The van der Waals surface area contributed by atoms with Crippen LogP contribution >= 0.6 is 34.8 Å². The first-order chi connectivity index (χ1) is 11.0. The lowest BCUT2D eigenvalue weighted by molar-refractivity contribution is 0.871. The number of hydrogen-bond acceptors (Lipinski definition) is 4. The molecule has 1 heterocycles. The number of nitriles is 1. The van der Waals surface area contributed by atoms with Gasteiger partial charge in [0.05, 0.1) is 21.8 Å². The fraction of sp³-hybridized carbons (Fsp3) is 0.188. The predicted octanol–water partition coefficient (Wildman–Crippen LogP) is 5.08. The fourth-order valence-corrected chi connectivity index (χ4v) is 2.50. The first-order valence-electron chi connectivity index (χ1n) is 6.80. The Morgan fingerprint density at radius 2 is 2.00 bits per heavy atom. The summed E-state index contributed by atoms with van der Waals surface area (Å²) in [6, 6.07) is 9.07. The molecular weight excluding hydrogens is 355 g/mol. The molecule has 0 N–H and O–H groups in total. The highest BCUT2D eigenvalue weighted by molar-refractivity contribution is 6.42. The molecule has 2 aromatic rings. The van der Waals surface area contributed by atoms with Crippen molar-refractivity contribution < 1.29 is 0 Å². The zero-order valence-electron chi connectivity index (χ0n) is 12.5. The summed E-state index contributed by atoms with van der Waals surface area (Å²) < 4.78 is 0. The number of nitrogens with zero attached hydrogens (tertiary/aromatic N) is 4. The number of aryl methyl sites for hydroxylation is 1. The van der Waals surface area contributed by atoms with Crippen LogP contribution in [0.2, 0.25) is 15.2 Å². The monoisotopic (exact) mass is 366 g/mol. The number of benzene rings is 1. The van der Waals surface area contributed by atoms with Crippen LogP contribution in [0.15, 0.2) is 29.4 Å². The van der Waals surface area contributed by atoms with Gasteiger partial charge in [0.2, 0.25) is 0 Å². The summed E-state index contributed by atoms with van der Waals surface area (Å²) in [5, 5.41) is 16.3. The molecule has 0 saturated heterocycles. The summed E-state index contributed by atoms with van der Waals surface area (Å²) in [5.41, 5.74) is 1.94. The van der Waals surface area contributed by atoms with Gasteiger partial charge in [0, 0.05) is 6.54 Å². The van der Waals surface area contributed by atoms with Crippen LogP contribution in [0.3, 0.4) is 0 Å². The van der Waals surface area contributed by atoms with E-state index in [-0.39, 0.29) is 5.15 Å². The number of hydrazone groups is 1. The maximum absolute atomic E-state index is 9.05. The van der Waals surface area contributed by atoms with Crippen molar-refractivity contribution in [2.24, 2.45) is 5.10 Å². The molecule has 0 fully saturated rings. The van der Waals surface area contributed by atoms with Gasteiger partial charge in [0.15, 0.2) is 5.82 Å². The van der Waals surface area contributed by atoms with E-state index in [1.165, 1.54) is 0 Å². The van der Waals surface area contributed by atoms with E-state index in [1.54, 1.807) is 29.4 Å². The summed E-state index contributed by atoms with van der Waals surface area (Å²) in [6.45, 7) is 4.34. The molecule has 0 aliphatic rings. The van der Waals surface area contributed by atoms with Crippen molar-refractivity contribution in [3.05, 3.63) is 56.2 Å². The molecule has 0 aliphatic heterocycles. The second-order valence-electron chi connectivity index (χ2n) is 4.71. The molecule has 4 nitrogen and oxygen atoms in total. The van der Waals surface area contributed by atoms with Crippen LogP contribution in [0, 0.1) is 18.3 Å². The van der Waals surface area contributed by atoms with E-state index >= 15 is 0 Å². The predicted molar refractivity (Wildman–Crippen MR) is 95.8 cm³/mol. The standard InChI is InChI=1S/C16H13Cl3N4/c1-3-23(15-6-10(2)12(8-20)16(19)22-15)21-9-11-4-5-13(17)14(18)7-11/h4-7,9H,3H2,1-2H3. The molecule has 0 spiro atoms. The van der Waals surface area contributed by atoms with Gasteiger partial charge in [-0.25, -0.2) is 9.99 Å². The molecule has 7 heteroatoms. The highest BCUT2D eigenvalue weighted by atomic mass is 35.5. The third kappa shape index (κ3) is 4.14. The van der Waals surface area contributed by atoms with Crippen LogP contribution in [0.5, 0.6) is 0 Å². The molecule has 0 bridgehead atoms. The Kier molecular flexibility index (Phi) is 5.84. The molecule has 1 aromatic carbocycles. The van der Waals surface area contributed by atoms with E-state index in [4.69, 9.17) is 40.1 Å². The van der Waals surface area contributed by atoms with Gasteiger partial charge in [-0.05, 0) is 43.2 Å². The second-order valence-corrected chi connectivity index (χ2v) is 5.88. The number of aromatic nitrogens is 1. The summed E-state index contributed by atoms with van der Waals surface area (Å²) in [4.78, 5) is 4.23. The second kappa shape index (κ2) is 7.65. The minimum absolute atomic E-state index is 0.172. The smallest absolute Gasteiger partial charge is 0.150 e. The molecule has 0 aliphatic carbocycles. The van der Waals surface area contributed by atoms with Crippen LogP contribution < -0.4 is 5.01 Å². The van der Waals surface area contributed by atoms with Crippen LogP contribution in [0.1, 0.15) is 23.6 Å². The minimum atomic E-state index is 0.172. The first-order valence-corrected chi connectivity index (χ1v) is 7.93. The van der Waals surface area contributed by atoms with E-state index in [9.17, 15) is 0 Å². The SMILES string of the molecule is CCN(N=Cc1ccc(Cl)c(Cl)c1)c1cc(C)c(C#N)c(Cl)n1. The van der Waals surface area contributed by atoms with Gasteiger partial charge in [0.1, 0.15) is 11.2 Å². The molecule has 23 heavy (non-hydrogen) atoms. The van der Waals surface area contributed by atoms with E-state index < -0.39 is 0 Å². The van der Waals surface area contributed by atoms with E-state index in [0.717, 1.165) is 11.1 Å². The van der Waals surface area contributed by atoms with Crippen LogP contribution in [-0.4, -0.2) is 17.7 Å². The molecule has 1 aromatic heterocycles. The van der Waals surface area contributed by atoms with Crippen molar-refractivity contribution in [2.75, 3.05) is 11.6 Å². The topological polar surface area (TPSA) is 52.3 Å². The Hall–Kier alpha value is -1.80. The van der Waals surface area contributed by atoms with Crippen LogP contribution in [-0.2, 0) is 0 Å². The molecule has 0 unspecified atom stereocenters. The van der Waals surface area contributed by atoms with Crippen molar-refractivity contribution in [1.82, 2.24) is 4.98 Å². The Bertz CT molecular complexity index is 773. The first kappa shape index (κ1) is 17.6. The molecule has 0 radical (unpaired) electrons. The van der Waals surface area contributed by atoms with Gasteiger partial charge < -0.3 is 0 Å².